The van der Waals surface area contributed by atoms with Crippen molar-refractivity contribution in [2.24, 2.45) is 0 Å². The van der Waals surface area contributed by atoms with Crippen molar-refractivity contribution in [3.05, 3.63) is 52.7 Å². The van der Waals surface area contributed by atoms with Crippen molar-refractivity contribution in [1.29, 1.82) is 0 Å². The minimum atomic E-state index is -0.177. The number of nitrogens with zero attached hydrogens (tertiary/aromatic N) is 2. The van der Waals surface area contributed by atoms with Gasteiger partial charge in [0.25, 0.3) is 5.91 Å². The first kappa shape index (κ1) is 17.2. The van der Waals surface area contributed by atoms with E-state index in [0.29, 0.717) is 18.9 Å². The van der Waals surface area contributed by atoms with Crippen molar-refractivity contribution < 1.29 is 9.53 Å². The molecule has 126 valence electrons. The van der Waals surface area contributed by atoms with Crippen LogP contribution in [0.4, 0.5) is 0 Å². The normalized spacial score (nSPS) is 15.2. The Balaban J connectivity index is 1.52. The van der Waals surface area contributed by atoms with Gasteiger partial charge in [0.05, 0.1) is 0 Å². The predicted molar refractivity (Wildman–Crippen MR) is 94.4 cm³/mol. The second kappa shape index (κ2) is 8.46. The molecule has 1 amide bonds. The Morgan fingerprint density at radius 1 is 1.17 bits per heavy atom. The Hall–Kier alpha value is -1.63. The summed E-state index contributed by atoms with van der Waals surface area (Å²) in [5.74, 6) is 0.600. The number of halogens is 1. The SMILES string of the molecule is O=C(NC1CCOCC1)c1ccc(SCc2ccc(Cl)cc2)nn1. The Kier molecular flexibility index (Phi) is 6.07. The van der Waals surface area contributed by atoms with E-state index in [1.54, 1.807) is 17.8 Å². The van der Waals surface area contributed by atoms with Crippen molar-refractivity contribution >= 4 is 29.3 Å². The number of benzene rings is 1. The highest BCUT2D eigenvalue weighted by Crippen LogP contribution is 2.21. The molecule has 0 spiro atoms. The zero-order valence-corrected chi connectivity index (χ0v) is 14.6. The molecule has 1 N–H and O–H groups in total. The molecular formula is C17H18ClN3O2S. The molecule has 0 saturated carbocycles. The zero-order valence-electron chi connectivity index (χ0n) is 13.1. The van der Waals surface area contributed by atoms with E-state index in [0.717, 1.165) is 34.2 Å². The lowest BCUT2D eigenvalue weighted by atomic mass is 10.1. The van der Waals surface area contributed by atoms with Gasteiger partial charge in [0.15, 0.2) is 5.69 Å². The van der Waals surface area contributed by atoms with E-state index < -0.39 is 0 Å². The van der Waals surface area contributed by atoms with Gasteiger partial charge in [0.1, 0.15) is 5.03 Å². The summed E-state index contributed by atoms with van der Waals surface area (Å²) in [5, 5.41) is 12.6. The summed E-state index contributed by atoms with van der Waals surface area (Å²) in [6, 6.07) is 11.4. The molecule has 7 heteroatoms. The van der Waals surface area contributed by atoms with Crippen LogP contribution in [0.1, 0.15) is 28.9 Å². The van der Waals surface area contributed by atoms with Crippen LogP contribution in [0.2, 0.25) is 5.02 Å². The number of hydrogen-bond donors (Lipinski definition) is 1. The van der Waals surface area contributed by atoms with Crippen LogP contribution in [0, 0.1) is 0 Å². The number of thioether (sulfide) groups is 1. The predicted octanol–water partition coefficient (Wildman–Crippen LogP) is 3.33. The van der Waals surface area contributed by atoms with Crippen LogP contribution in [0.15, 0.2) is 41.4 Å². The summed E-state index contributed by atoms with van der Waals surface area (Å²) in [6.07, 6.45) is 1.68. The lowest BCUT2D eigenvalue weighted by Crippen LogP contribution is -2.39. The fourth-order valence-corrected chi connectivity index (χ4v) is 3.25. The summed E-state index contributed by atoms with van der Waals surface area (Å²) in [6.45, 7) is 1.38. The number of nitrogens with one attached hydrogen (secondary N) is 1. The van der Waals surface area contributed by atoms with Crippen LogP contribution in [-0.2, 0) is 10.5 Å². The second-order valence-corrected chi connectivity index (χ2v) is 6.96. The molecule has 2 heterocycles. The molecule has 3 rings (SSSR count). The van der Waals surface area contributed by atoms with Gasteiger partial charge in [0.2, 0.25) is 0 Å². The number of rotatable bonds is 5. The first-order valence-corrected chi connectivity index (χ1v) is 9.16. The lowest BCUT2D eigenvalue weighted by Gasteiger charge is -2.22. The van der Waals surface area contributed by atoms with Crippen LogP contribution in [0.5, 0.6) is 0 Å². The molecule has 0 atom stereocenters. The molecule has 1 fully saturated rings. The average molecular weight is 364 g/mol. The van der Waals surface area contributed by atoms with Gasteiger partial charge in [-0.3, -0.25) is 4.79 Å². The number of aromatic nitrogens is 2. The molecule has 0 unspecified atom stereocenters. The van der Waals surface area contributed by atoms with Crippen molar-refractivity contribution in [2.75, 3.05) is 13.2 Å². The van der Waals surface area contributed by atoms with Crippen LogP contribution >= 0.6 is 23.4 Å². The summed E-state index contributed by atoms with van der Waals surface area (Å²) in [7, 11) is 0. The van der Waals surface area contributed by atoms with Crippen LogP contribution in [-0.4, -0.2) is 35.4 Å². The van der Waals surface area contributed by atoms with Gasteiger partial charge in [-0.05, 0) is 42.7 Å². The minimum absolute atomic E-state index is 0.159. The highest BCUT2D eigenvalue weighted by Gasteiger charge is 2.18. The van der Waals surface area contributed by atoms with Gasteiger partial charge >= 0.3 is 0 Å². The first-order valence-electron chi connectivity index (χ1n) is 7.80. The van der Waals surface area contributed by atoms with Crippen LogP contribution in [0.3, 0.4) is 0 Å². The van der Waals surface area contributed by atoms with E-state index in [4.69, 9.17) is 16.3 Å². The standard InChI is InChI=1S/C17H18ClN3O2S/c18-13-3-1-12(2-4-13)11-24-16-6-5-15(20-21-16)17(22)19-14-7-9-23-10-8-14/h1-6,14H,7-11H2,(H,19,22). The lowest BCUT2D eigenvalue weighted by molar-refractivity contribution is 0.0693. The van der Waals surface area contributed by atoms with E-state index in [-0.39, 0.29) is 11.9 Å². The van der Waals surface area contributed by atoms with Gasteiger partial charge in [-0.2, -0.15) is 0 Å². The average Bonchev–Trinajstić information content (AvgIpc) is 2.62. The Bertz CT molecular complexity index is 673. The summed E-state index contributed by atoms with van der Waals surface area (Å²) >= 11 is 7.44. The van der Waals surface area contributed by atoms with E-state index in [2.05, 4.69) is 15.5 Å². The smallest absolute Gasteiger partial charge is 0.272 e. The number of amides is 1. The number of carbonyl (C=O) groups excluding carboxylic acids is 1. The second-order valence-electron chi connectivity index (χ2n) is 5.53. The third-order valence-electron chi connectivity index (χ3n) is 3.73. The third-order valence-corrected chi connectivity index (χ3v) is 4.97. The molecule has 1 aliphatic heterocycles. The Morgan fingerprint density at radius 3 is 2.58 bits per heavy atom. The summed E-state index contributed by atoms with van der Waals surface area (Å²) in [4.78, 5) is 12.2. The molecular weight excluding hydrogens is 346 g/mol. The van der Waals surface area contributed by atoms with Gasteiger partial charge in [0, 0.05) is 30.0 Å². The topological polar surface area (TPSA) is 64.1 Å². The number of ether oxygens (including phenoxy) is 1. The highest BCUT2D eigenvalue weighted by molar-refractivity contribution is 7.98. The van der Waals surface area contributed by atoms with Gasteiger partial charge in [-0.25, -0.2) is 0 Å². The first-order chi connectivity index (χ1) is 11.7. The summed E-state index contributed by atoms with van der Waals surface area (Å²) in [5.41, 5.74) is 1.50. The molecule has 24 heavy (non-hydrogen) atoms. The van der Waals surface area contributed by atoms with Gasteiger partial charge < -0.3 is 10.1 Å². The van der Waals surface area contributed by atoms with E-state index in [9.17, 15) is 4.79 Å². The quantitative estimate of drug-likeness (QED) is 0.825. The molecule has 1 aliphatic rings. The van der Waals surface area contributed by atoms with Crippen molar-refractivity contribution in [3.63, 3.8) is 0 Å². The molecule has 2 aromatic rings. The molecule has 0 radical (unpaired) electrons. The Labute approximate surface area is 150 Å². The van der Waals surface area contributed by atoms with Crippen LogP contribution in [0.25, 0.3) is 0 Å². The summed E-state index contributed by atoms with van der Waals surface area (Å²) < 4.78 is 5.28. The Morgan fingerprint density at radius 2 is 1.92 bits per heavy atom. The number of carbonyl (C=O) groups is 1. The molecule has 1 saturated heterocycles. The van der Waals surface area contributed by atoms with Gasteiger partial charge in [-0.1, -0.05) is 35.5 Å². The molecule has 1 aromatic heterocycles. The third kappa shape index (κ3) is 4.93. The maximum absolute atomic E-state index is 12.2. The van der Waals surface area contributed by atoms with E-state index in [1.165, 1.54) is 0 Å². The van der Waals surface area contributed by atoms with Crippen LogP contribution < -0.4 is 5.32 Å². The number of hydrogen-bond acceptors (Lipinski definition) is 5. The maximum atomic E-state index is 12.2. The highest BCUT2D eigenvalue weighted by atomic mass is 35.5. The van der Waals surface area contributed by atoms with E-state index >= 15 is 0 Å². The molecule has 0 bridgehead atoms. The van der Waals surface area contributed by atoms with E-state index in [1.807, 2.05) is 30.3 Å². The molecule has 5 nitrogen and oxygen atoms in total. The van der Waals surface area contributed by atoms with Crippen molar-refractivity contribution in [3.8, 4) is 0 Å². The fourth-order valence-electron chi connectivity index (χ4n) is 2.36. The van der Waals surface area contributed by atoms with Gasteiger partial charge in [-0.15, -0.1) is 10.2 Å². The fraction of sp³-hybridized carbons (Fsp3) is 0.353. The zero-order chi connectivity index (χ0) is 16.8. The van der Waals surface area contributed by atoms with Crippen molar-refractivity contribution in [2.45, 2.75) is 29.7 Å². The molecule has 0 aliphatic carbocycles. The maximum Gasteiger partial charge on any atom is 0.272 e. The monoisotopic (exact) mass is 363 g/mol. The van der Waals surface area contributed by atoms with Crippen molar-refractivity contribution in [1.82, 2.24) is 15.5 Å². The molecule has 1 aromatic carbocycles. The largest absolute Gasteiger partial charge is 0.381 e. The minimum Gasteiger partial charge on any atom is -0.381 e.